The average molecular weight is 278 g/mol. The third-order valence-electron chi connectivity index (χ3n) is 3.47. The van der Waals surface area contributed by atoms with E-state index in [9.17, 15) is 8.42 Å². The molecule has 0 radical (unpaired) electrons. The van der Waals surface area contributed by atoms with E-state index in [2.05, 4.69) is 17.1 Å². The Labute approximate surface area is 106 Å². The quantitative estimate of drug-likeness (QED) is 0.776. The molecule has 7 heteroatoms. The van der Waals surface area contributed by atoms with Crippen molar-refractivity contribution >= 4 is 19.7 Å². The summed E-state index contributed by atoms with van der Waals surface area (Å²) in [6.07, 6.45) is 4.38. The van der Waals surface area contributed by atoms with Gasteiger partial charge >= 0.3 is 0 Å². The fraction of sp³-hybridized carbons (Fsp3) is 0.800. The van der Waals surface area contributed by atoms with Gasteiger partial charge in [-0.05, 0) is 18.8 Å². The van der Waals surface area contributed by atoms with Gasteiger partial charge in [-0.3, -0.25) is 0 Å². The van der Waals surface area contributed by atoms with Crippen LogP contribution in [0.5, 0.6) is 0 Å². The number of hydrogen-bond donors (Lipinski definition) is 0. The zero-order chi connectivity index (χ0) is 12.6. The molecular weight excluding hydrogens is 262 g/mol. The van der Waals surface area contributed by atoms with E-state index < -0.39 is 9.05 Å². The summed E-state index contributed by atoms with van der Waals surface area (Å²) in [6.45, 7) is 2.24. The van der Waals surface area contributed by atoms with Crippen molar-refractivity contribution in [3.63, 3.8) is 0 Å². The lowest BCUT2D eigenvalue weighted by Crippen LogP contribution is -2.15. The summed E-state index contributed by atoms with van der Waals surface area (Å²) >= 11 is 0. The minimum absolute atomic E-state index is 0.159. The van der Waals surface area contributed by atoms with Gasteiger partial charge in [0.05, 0.1) is 0 Å². The number of hydrogen-bond acceptors (Lipinski definition) is 4. The van der Waals surface area contributed by atoms with E-state index in [-0.39, 0.29) is 5.16 Å². The maximum absolute atomic E-state index is 11.2. The van der Waals surface area contributed by atoms with Crippen LogP contribution in [0.3, 0.4) is 0 Å². The van der Waals surface area contributed by atoms with Crippen molar-refractivity contribution in [3.05, 3.63) is 5.82 Å². The highest BCUT2D eigenvalue weighted by molar-refractivity contribution is 8.13. The molecule has 0 unspecified atom stereocenters. The van der Waals surface area contributed by atoms with E-state index in [4.69, 9.17) is 10.7 Å². The minimum atomic E-state index is -3.80. The van der Waals surface area contributed by atoms with Crippen molar-refractivity contribution in [2.45, 2.75) is 43.7 Å². The van der Waals surface area contributed by atoms with Gasteiger partial charge in [-0.15, -0.1) is 10.2 Å². The fourth-order valence-electron chi connectivity index (χ4n) is 2.41. The van der Waals surface area contributed by atoms with Gasteiger partial charge in [0.1, 0.15) is 5.82 Å². The second-order valence-corrected chi connectivity index (χ2v) is 7.25. The van der Waals surface area contributed by atoms with Crippen LogP contribution in [0.15, 0.2) is 5.16 Å². The lowest BCUT2D eigenvalue weighted by Gasteiger charge is -2.25. The monoisotopic (exact) mass is 277 g/mol. The van der Waals surface area contributed by atoms with Crippen LogP contribution in [0.2, 0.25) is 0 Å². The van der Waals surface area contributed by atoms with E-state index in [1.54, 1.807) is 7.05 Å². The molecule has 1 saturated carbocycles. The summed E-state index contributed by atoms with van der Waals surface area (Å²) in [5.74, 6) is 1.78. The highest BCUT2D eigenvalue weighted by Gasteiger charge is 2.27. The maximum Gasteiger partial charge on any atom is 0.296 e. The van der Waals surface area contributed by atoms with Gasteiger partial charge in [0.2, 0.25) is 0 Å². The van der Waals surface area contributed by atoms with Crippen molar-refractivity contribution < 1.29 is 8.42 Å². The Hall–Kier alpha value is -0.620. The van der Waals surface area contributed by atoms with Crippen LogP contribution in [0.25, 0.3) is 0 Å². The molecule has 0 saturated heterocycles. The Kier molecular flexibility index (Phi) is 3.45. The van der Waals surface area contributed by atoms with Crippen molar-refractivity contribution in [2.75, 3.05) is 0 Å². The first-order valence-electron chi connectivity index (χ1n) is 5.73. The molecule has 0 bridgehead atoms. The van der Waals surface area contributed by atoms with Crippen molar-refractivity contribution in [1.82, 2.24) is 14.8 Å². The minimum Gasteiger partial charge on any atom is -0.304 e. The van der Waals surface area contributed by atoms with Gasteiger partial charge in [-0.2, -0.15) is 0 Å². The average Bonchev–Trinajstić information content (AvgIpc) is 2.61. The van der Waals surface area contributed by atoms with Gasteiger partial charge in [-0.1, -0.05) is 19.8 Å². The van der Waals surface area contributed by atoms with Gasteiger partial charge in [0.15, 0.2) is 0 Å². The predicted octanol–water partition coefficient (Wildman–Crippen LogP) is 2.04. The number of rotatable bonds is 2. The predicted molar refractivity (Wildman–Crippen MR) is 64.4 cm³/mol. The van der Waals surface area contributed by atoms with Gasteiger partial charge in [0, 0.05) is 23.6 Å². The molecule has 1 aliphatic carbocycles. The first-order chi connectivity index (χ1) is 7.89. The lowest BCUT2D eigenvalue weighted by atomic mass is 9.82. The van der Waals surface area contributed by atoms with E-state index in [1.165, 1.54) is 4.57 Å². The van der Waals surface area contributed by atoms with Crippen molar-refractivity contribution in [1.29, 1.82) is 0 Å². The van der Waals surface area contributed by atoms with E-state index in [0.717, 1.165) is 37.4 Å². The summed E-state index contributed by atoms with van der Waals surface area (Å²) in [6, 6.07) is 0. The molecule has 1 heterocycles. The smallest absolute Gasteiger partial charge is 0.296 e. The molecule has 0 N–H and O–H groups in total. The Morgan fingerprint density at radius 1 is 1.24 bits per heavy atom. The molecular formula is C10H16ClN3O2S. The third kappa shape index (κ3) is 2.63. The zero-order valence-electron chi connectivity index (χ0n) is 9.93. The molecule has 0 aromatic carbocycles. The van der Waals surface area contributed by atoms with Crippen LogP contribution in [0.4, 0.5) is 0 Å². The van der Waals surface area contributed by atoms with Gasteiger partial charge < -0.3 is 4.57 Å². The summed E-state index contributed by atoms with van der Waals surface area (Å²) in [5, 5.41) is 7.50. The Balaban J connectivity index is 2.26. The maximum atomic E-state index is 11.2. The summed E-state index contributed by atoms with van der Waals surface area (Å²) < 4.78 is 24.0. The number of aromatic nitrogens is 3. The second-order valence-electron chi connectivity index (χ2n) is 4.79. The lowest BCUT2D eigenvalue weighted by molar-refractivity contribution is 0.334. The van der Waals surface area contributed by atoms with Crippen LogP contribution in [-0.4, -0.2) is 23.2 Å². The van der Waals surface area contributed by atoms with Crippen LogP contribution in [-0.2, 0) is 16.1 Å². The number of nitrogens with zero attached hydrogens (tertiary/aromatic N) is 3. The Bertz CT molecular complexity index is 504. The standard InChI is InChI=1S/C10H16ClN3O2S/c1-7-3-5-8(6-4-7)9-12-13-10(14(9)2)17(11,15)16/h7-8H,3-6H2,1-2H3. The fourth-order valence-corrected chi connectivity index (χ4v) is 3.37. The molecule has 96 valence electrons. The molecule has 0 amide bonds. The van der Waals surface area contributed by atoms with Crippen LogP contribution in [0, 0.1) is 5.92 Å². The molecule has 0 aliphatic heterocycles. The molecule has 17 heavy (non-hydrogen) atoms. The molecule has 1 aromatic heterocycles. The SMILES string of the molecule is CC1CCC(c2nnc(S(=O)(=O)Cl)n2C)CC1. The molecule has 1 fully saturated rings. The van der Waals surface area contributed by atoms with Crippen LogP contribution in [0.1, 0.15) is 44.3 Å². The topological polar surface area (TPSA) is 64.8 Å². The summed E-state index contributed by atoms with van der Waals surface area (Å²) in [4.78, 5) is 0. The molecule has 0 spiro atoms. The Morgan fingerprint density at radius 2 is 1.82 bits per heavy atom. The molecule has 1 aromatic rings. The highest BCUT2D eigenvalue weighted by Crippen LogP contribution is 2.35. The third-order valence-corrected chi connectivity index (χ3v) is 4.67. The van der Waals surface area contributed by atoms with E-state index >= 15 is 0 Å². The largest absolute Gasteiger partial charge is 0.304 e. The first-order valence-corrected chi connectivity index (χ1v) is 8.04. The van der Waals surface area contributed by atoms with Crippen LogP contribution < -0.4 is 0 Å². The van der Waals surface area contributed by atoms with E-state index in [0.29, 0.717) is 5.92 Å². The summed E-state index contributed by atoms with van der Waals surface area (Å²) in [7, 11) is 3.14. The van der Waals surface area contributed by atoms with Crippen LogP contribution >= 0.6 is 10.7 Å². The molecule has 2 rings (SSSR count). The molecule has 0 atom stereocenters. The highest BCUT2D eigenvalue weighted by atomic mass is 35.7. The second kappa shape index (κ2) is 4.57. The Morgan fingerprint density at radius 3 is 2.29 bits per heavy atom. The normalized spacial score (nSPS) is 26.1. The van der Waals surface area contributed by atoms with Gasteiger partial charge in [0.25, 0.3) is 14.2 Å². The molecule has 5 nitrogen and oxygen atoms in total. The first kappa shape index (κ1) is 12.8. The molecule has 1 aliphatic rings. The summed E-state index contributed by atoms with van der Waals surface area (Å²) in [5.41, 5.74) is 0. The van der Waals surface area contributed by atoms with E-state index in [1.807, 2.05) is 0 Å². The van der Waals surface area contributed by atoms with Gasteiger partial charge in [-0.25, -0.2) is 8.42 Å². The number of halogens is 1. The van der Waals surface area contributed by atoms with Crippen molar-refractivity contribution in [2.24, 2.45) is 13.0 Å². The van der Waals surface area contributed by atoms with Crippen molar-refractivity contribution in [3.8, 4) is 0 Å². The zero-order valence-corrected chi connectivity index (χ0v) is 11.5.